The minimum Gasteiger partial charge on any atom is -0.478 e. The first kappa shape index (κ1) is 52.0. The zero-order valence-corrected chi connectivity index (χ0v) is 34.4. The molecule has 0 bridgehead atoms. The van der Waals surface area contributed by atoms with Crippen molar-refractivity contribution in [3.63, 3.8) is 0 Å². The summed E-state index contributed by atoms with van der Waals surface area (Å²) >= 11 is 0. The highest BCUT2D eigenvalue weighted by atomic mass is 16.4. The zero-order valence-electron chi connectivity index (χ0n) is 34.4. The highest BCUT2D eigenvalue weighted by Gasteiger charge is 2.29. The molecule has 0 saturated heterocycles. The van der Waals surface area contributed by atoms with Gasteiger partial charge in [0.25, 0.3) is 0 Å². The van der Waals surface area contributed by atoms with Gasteiger partial charge in [-0.1, -0.05) is 180 Å². The zero-order chi connectivity index (χ0) is 39.4. The molecule has 0 spiro atoms. The van der Waals surface area contributed by atoms with Crippen molar-refractivity contribution in [2.45, 2.75) is 212 Å². The molecule has 0 unspecified atom stereocenters. The fourth-order valence-electron chi connectivity index (χ4n) is 8.19. The van der Waals surface area contributed by atoms with Crippen molar-refractivity contribution >= 4 is 5.97 Å². The van der Waals surface area contributed by atoms with E-state index in [1.807, 2.05) is 0 Å². The summed E-state index contributed by atoms with van der Waals surface area (Å²) in [5, 5.41) is 64.5. The van der Waals surface area contributed by atoms with Gasteiger partial charge in [-0.3, -0.25) is 0 Å². The molecule has 0 radical (unpaired) electrons. The molecule has 3 aliphatic carbocycles. The van der Waals surface area contributed by atoms with Crippen molar-refractivity contribution in [1.82, 2.24) is 0 Å². The molecular formula is C45H88O8. The van der Waals surface area contributed by atoms with Crippen LogP contribution in [0.4, 0.5) is 0 Å². The van der Waals surface area contributed by atoms with Gasteiger partial charge in [-0.2, -0.15) is 0 Å². The number of carboxylic acids is 1. The third-order valence-electron chi connectivity index (χ3n) is 12.4. The average molecular weight is 757 g/mol. The molecule has 7 N–H and O–H groups in total. The predicted octanol–water partition coefficient (Wildman–Crippen LogP) is 10.0. The quantitative estimate of drug-likeness (QED) is 0.127. The molecule has 8 heteroatoms. The van der Waals surface area contributed by atoms with Crippen LogP contribution in [0.25, 0.3) is 0 Å². The fourth-order valence-corrected chi connectivity index (χ4v) is 8.19. The molecule has 0 aromatic rings. The number of aliphatic carboxylic acids is 1. The number of carboxylic acid groups (broad SMARTS) is 1. The van der Waals surface area contributed by atoms with E-state index in [9.17, 15) is 35.4 Å². The summed E-state index contributed by atoms with van der Waals surface area (Å²) in [5.74, 6) is -0.981. The minimum absolute atomic E-state index is 0.156. The van der Waals surface area contributed by atoms with Gasteiger partial charge in [0, 0.05) is 22.3 Å². The van der Waals surface area contributed by atoms with Gasteiger partial charge in [0.1, 0.15) is 0 Å². The number of aliphatic hydroxyl groups excluding tert-OH is 6. The van der Waals surface area contributed by atoms with Gasteiger partial charge in [-0.15, -0.1) is 0 Å². The van der Waals surface area contributed by atoms with Gasteiger partial charge in [0.15, 0.2) is 0 Å². The van der Waals surface area contributed by atoms with Crippen LogP contribution in [-0.4, -0.2) is 81.4 Å². The first-order chi connectivity index (χ1) is 25.8. The standard InChI is InChI=1S/3C14H28O2.C3H4O2/c3*15-12-14(13-16)10-8-6-4-2-1-3-5-7-9-11-14;1-2-3(4)5/h3*15-16H,1-13H2;2H,1H2,(H,4,5). The Morgan fingerprint density at radius 3 is 0.547 bits per heavy atom. The van der Waals surface area contributed by atoms with Gasteiger partial charge in [-0.25, -0.2) is 4.79 Å². The molecule has 0 aromatic carbocycles. The second kappa shape index (κ2) is 35.4. The molecular weight excluding hydrogens is 668 g/mol. The van der Waals surface area contributed by atoms with Gasteiger partial charge >= 0.3 is 5.97 Å². The molecule has 3 saturated carbocycles. The molecule has 0 heterocycles. The summed E-state index contributed by atoms with van der Waals surface area (Å²) in [6.45, 7) is 3.90. The largest absolute Gasteiger partial charge is 0.478 e. The van der Waals surface area contributed by atoms with E-state index in [2.05, 4.69) is 6.58 Å². The van der Waals surface area contributed by atoms with Crippen LogP contribution in [-0.2, 0) is 4.79 Å². The summed E-state index contributed by atoms with van der Waals surface area (Å²) in [7, 11) is 0. The van der Waals surface area contributed by atoms with E-state index < -0.39 is 5.97 Å². The lowest BCUT2D eigenvalue weighted by Gasteiger charge is -2.30. The van der Waals surface area contributed by atoms with E-state index in [1.165, 1.54) is 173 Å². The van der Waals surface area contributed by atoms with Crippen LogP contribution < -0.4 is 0 Å². The topological polar surface area (TPSA) is 159 Å². The molecule has 3 rings (SSSR count). The minimum atomic E-state index is -0.981. The van der Waals surface area contributed by atoms with Crippen molar-refractivity contribution in [2.24, 2.45) is 16.2 Å². The first-order valence-corrected chi connectivity index (χ1v) is 22.3. The molecule has 3 fully saturated rings. The molecule has 8 nitrogen and oxygen atoms in total. The highest BCUT2D eigenvalue weighted by molar-refractivity contribution is 5.78. The Kier molecular flexibility index (Phi) is 34.7. The lowest BCUT2D eigenvalue weighted by molar-refractivity contribution is -0.131. The van der Waals surface area contributed by atoms with E-state index >= 15 is 0 Å². The Hall–Kier alpha value is -1.03. The van der Waals surface area contributed by atoms with Crippen molar-refractivity contribution in [1.29, 1.82) is 0 Å². The molecule has 0 aromatic heterocycles. The van der Waals surface area contributed by atoms with Gasteiger partial charge in [0.2, 0.25) is 0 Å². The summed E-state index contributed by atoms with van der Waals surface area (Å²) < 4.78 is 0. The SMILES string of the molecule is C=CC(=O)O.OCC1(CO)CCCCCCCCCCC1.OCC1(CO)CCCCCCCCCCC1.OCC1(CO)CCCCCCCCCCC1. The Bertz CT molecular complexity index is 674. The smallest absolute Gasteiger partial charge is 0.327 e. The van der Waals surface area contributed by atoms with Gasteiger partial charge in [0.05, 0.1) is 39.6 Å². The van der Waals surface area contributed by atoms with Crippen LogP contribution in [0.1, 0.15) is 212 Å². The third-order valence-corrected chi connectivity index (χ3v) is 12.4. The van der Waals surface area contributed by atoms with Crippen LogP contribution >= 0.6 is 0 Å². The van der Waals surface area contributed by atoms with Gasteiger partial charge < -0.3 is 35.7 Å². The average Bonchev–Trinajstić information content (AvgIpc) is 3.17. The third kappa shape index (κ3) is 27.3. The summed E-state index contributed by atoms with van der Waals surface area (Å²) in [4.78, 5) is 9.25. The first-order valence-electron chi connectivity index (χ1n) is 22.3. The number of hydrogen-bond acceptors (Lipinski definition) is 7. The lowest BCUT2D eigenvalue weighted by Crippen LogP contribution is -2.30. The van der Waals surface area contributed by atoms with E-state index in [-0.39, 0.29) is 55.9 Å². The molecule has 3 aliphatic rings. The number of aliphatic hydroxyl groups is 6. The van der Waals surface area contributed by atoms with Crippen molar-refractivity contribution in [2.75, 3.05) is 39.6 Å². The van der Waals surface area contributed by atoms with Crippen LogP contribution in [0.15, 0.2) is 12.7 Å². The number of carbonyl (C=O) groups is 1. The Morgan fingerprint density at radius 2 is 0.453 bits per heavy atom. The Balaban J connectivity index is 0.000000718. The van der Waals surface area contributed by atoms with Crippen molar-refractivity contribution in [3.05, 3.63) is 12.7 Å². The van der Waals surface area contributed by atoms with E-state index in [4.69, 9.17) is 5.11 Å². The monoisotopic (exact) mass is 757 g/mol. The van der Waals surface area contributed by atoms with Crippen LogP contribution in [0.5, 0.6) is 0 Å². The Morgan fingerprint density at radius 1 is 0.340 bits per heavy atom. The van der Waals surface area contributed by atoms with Crippen LogP contribution in [0, 0.1) is 16.2 Å². The number of rotatable bonds is 7. The summed E-state index contributed by atoms with van der Waals surface area (Å²) in [6.07, 6.45) is 41.8. The van der Waals surface area contributed by atoms with E-state index in [0.29, 0.717) is 0 Å². The van der Waals surface area contributed by atoms with Gasteiger partial charge in [-0.05, 0) is 38.5 Å². The van der Waals surface area contributed by atoms with E-state index in [0.717, 1.165) is 44.6 Å². The van der Waals surface area contributed by atoms with E-state index in [1.54, 1.807) is 0 Å². The maximum atomic E-state index is 9.49. The Labute approximate surface area is 326 Å². The predicted molar refractivity (Wildman–Crippen MR) is 220 cm³/mol. The fraction of sp³-hybridized carbons (Fsp3) is 0.933. The summed E-state index contributed by atoms with van der Waals surface area (Å²) in [5.41, 5.74) is -0.544. The van der Waals surface area contributed by atoms with Crippen LogP contribution in [0.2, 0.25) is 0 Å². The molecule has 0 aliphatic heterocycles. The molecule has 53 heavy (non-hydrogen) atoms. The second-order valence-electron chi connectivity index (χ2n) is 17.0. The molecule has 0 atom stereocenters. The van der Waals surface area contributed by atoms with Crippen molar-refractivity contribution < 1.29 is 40.5 Å². The van der Waals surface area contributed by atoms with Crippen molar-refractivity contribution in [3.8, 4) is 0 Å². The lowest BCUT2D eigenvalue weighted by atomic mass is 9.79. The normalized spacial score (nSPS) is 22.7. The maximum absolute atomic E-state index is 9.49. The maximum Gasteiger partial charge on any atom is 0.327 e. The molecule has 316 valence electrons. The molecule has 0 amide bonds. The second-order valence-corrected chi connectivity index (χ2v) is 17.0. The summed E-state index contributed by atoms with van der Waals surface area (Å²) in [6, 6.07) is 0. The van der Waals surface area contributed by atoms with Crippen LogP contribution in [0.3, 0.4) is 0 Å². The number of hydrogen-bond donors (Lipinski definition) is 7. The highest BCUT2D eigenvalue weighted by Crippen LogP contribution is 2.34.